The third-order valence-electron chi connectivity index (χ3n) is 7.16. The molecule has 4 aromatic rings. The molecule has 0 radical (unpaired) electrons. The van der Waals surface area contributed by atoms with Crippen LogP contribution in [0.25, 0.3) is 10.9 Å². The molecule has 0 unspecified atom stereocenters. The van der Waals surface area contributed by atoms with Crippen molar-refractivity contribution in [2.24, 2.45) is 0 Å². The van der Waals surface area contributed by atoms with Gasteiger partial charge in [-0.15, -0.1) is 0 Å². The summed E-state index contributed by atoms with van der Waals surface area (Å²) in [6.45, 7) is 4.07. The minimum Gasteiger partial charge on any atom is -0.438 e. The summed E-state index contributed by atoms with van der Waals surface area (Å²) in [5.74, 6) is 0.392. The Bertz CT molecular complexity index is 1600. The van der Waals surface area contributed by atoms with Crippen molar-refractivity contribution < 1.29 is 32.0 Å². The summed E-state index contributed by atoms with van der Waals surface area (Å²) in [7, 11) is 0. The van der Waals surface area contributed by atoms with E-state index in [0.717, 1.165) is 28.3 Å². The van der Waals surface area contributed by atoms with Crippen molar-refractivity contribution in [2.75, 3.05) is 5.32 Å². The van der Waals surface area contributed by atoms with Crippen molar-refractivity contribution >= 4 is 28.7 Å². The first-order valence-corrected chi connectivity index (χ1v) is 11.8. The number of anilines is 1. The second-order valence-electron chi connectivity index (χ2n) is 9.47. The molecule has 1 aliphatic carbocycles. The predicted molar refractivity (Wildman–Crippen MR) is 127 cm³/mol. The molecule has 6 rings (SSSR count). The van der Waals surface area contributed by atoms with Crippen LogP contribution in [0.3, 0.4) is 0 Å². The summed E-state index contributed by atoms with van der Waals surface area (Å²) in [6, 6.07) is 5.63. The average Bonchev–Trinajstić information content (AvgIpc) is 3.20. The molecule has 0 spiro atoms. The van der Waals surface area contributed by atoms with E-state index in [2.05, 4.69) is 20.4 Å². The Hall–Kier alpha value is -4.42. The van der Waals surface area contributed by atoms with Crippen LogP contribution in [-0.4, -0.2) is 42.7 Å². The smallest absolute Gasteiger partial charge is 0.401 e. The topological polar surface area (TPSA) is 115 Å². The van der Waals surface area contributed by atoms with Crippen molar-refractivity contribution in [1.29, 1.82) is 0 Å². The van der Waals surface area contributed by atoms with Crippen LogP contribution in [0.5, 0.6) is 11.6 Å². The lowest BCUT2D eigenvalue weighted by atomic mass is 10.0. The van der Waals surface area contributed by atoms with Crippen LogP contribution >= 0.6 is 0 Å². The zero-order valence-electron chi connectivity index (χ0n) is 20.3. The van der Waals surface area contributed by atoms with Gasteiger partial charge >= 0.3 is 12.2 Å². The first-order valence-electron chi connectivity index (χ1n) is 11.8. The summed E-state index contributed by atoms with van der Waals surface area (Å²) in [4.78, 5) is 34.9. The molecule has 0 saturated heterocycles. The number of hydrogen-bond donors (Lipinski definition) is 1. The molecule has 1 fully saturated rings. The number of carbonyl (C=O) groups is 2. The SMILES string of the molecule is CC(=O)N1Cc2ncnc(Oc3ccc4c(ccn4C(=O)Nc4cc(C5(C(F)(F)F)CC5)on4)c3C)c2C1. The lowest BCUT2D eigenvalue weighted by molar-refractivity contribution is -0.165. The van der Waals surface area contributed by atoms with Crippen LogP contribution < -0.4 is 10.1 Å². The van der Waals surface area contributed by atoms with Crippen LogP contribution in [0.4, 0.5) is 23.8 Å². The molecule has 10 nitrogen and oxygen atoms in total. The molecule has 2 amide bonds. The number of nitrogens with one attached hydrogen (secondary N) is 1. The molecule has 4 heterocycles. The van der Waals surface area contributed by atoms with Gasteiger partial charge in [0, 0.05) is 30.1 Å². The largest absolute Gasteiger partial charge is 0.438 e. The first-order chi connectivity index (χ1) is 18.1. The van der Waals surface area contributed by atoms with Crippen molar-refractivity contribution in [3.63, 3.8) is 0 Å². The second-order valence-corrected chi connectivity index (χ2v) is 9.47. The fourth-order valence-corrected chi connectivity index (χ4v) is 4.72. The Morgan fingerprint density at radius 2 is 1.95 bits per heavy atom. The monoisotopic (exact) mass is 526 g/mol. The van der Waals surface area contributed by atoms with Gasteiger partial charge in [0.15, 0.2) is 11.6 Å². The standard InChI is InChI=1S/C25H21F3N6O4/c1-13-15-5-8-34(23(36)31-21-9-20(38-32-21)24(6-7-24)25(26,27)28)18(15)3-4-19(13)37-22-16-10-33(14(2)35)11-17(16)29-12-30-22/h3-5,8-9,12H,6-7,10-11H2,1-2H3,(H,31,32,36). The fourth-order valence-electron chi connectivity index (χ4n) is 4.72. The van der Waals surface area contributed by atoms with E-state index in [-0.39, 0.29) is 30.3 Å². The van der Waals surface area contributed by atoms with Crippen molar-refractivity contribution in [3.8, 4) is 11.6 Å². The number of halogens is 3. The number of amides is 2. The van der Waals surface area contributed by atoms with Crippen molar-refractivity contribution in [1.82, 2.24) is 24.6 Å². The van der Waals surface area contributed by atoms with Crippen LogP contribution in [0.1, 0.15) is 42.3 Å². The van der Waals surface area contributed by atoms with Gasteiger partial charge in [0.2, 0.25) is 11.8 Å². The molecule has 3 aromatic heterocycles. The Balaban J connectivity index is 1.23. The lowest BCUT2D eigenvalue weighted by Crippen LogP contribution is -2.28. The number of alkyl halides is 3. The molecule has 1 N–H and O–H groups in total. The molecule has 1 aliphatic heterocycles. The molecule has 1 aromatic carbocycles. The predicted octanol–water partition coefficient (Wildman–Crippen LogP) is 5.06. The summed E-state index contributed by atoms with van der Waals surface area (Å²) in [5.41, 5.74) is 0.744. The van der Waals surface area contributed by atoms with E-state index in [1.54, 1.807) is 29.3 Å². The second kappa shape index (κ2) is 8.30. The maximum atomic E-state index is 13.4. The quantitative estimate of drug-likeness (QED) is 0.395. The molecule has 196 valence electrons. The highest BCUT2D eigenvalue weighted by Gasteiger charge is 2.66. The Morgan fingerprint density at radius 1 is 1.16 bits per heavy atom. The number of fused-ring (bicyclic) bond motifs is 2. The Kier molecular flexibility index (Phi) is 5.23. The number of rotatable bonds is 4. The van der Waals surface area contributed by atoms with E-state index in [9.17, 15) is 22.8 Å². The number of carbonyl (C=O) groups excluding carboxylic acids is 2. The molecule has 1 saturated carbocycles. The van der Waals surface area contributed by atoms with E-state index in [1.807, 2.05) is 6.92 Å². The van der Waals surface area contributed by atoms with Crippen LogP contribution in [0.15, 0.2) is 41.3 Å². The number of aromatic nitrogens is 4. The normalized spacial score (nSPS) is 16.0. The lowest BCUT2D eigenvalue weighted by Gasteiger charge is -2.15. The van der Waals surface area contributed by atoms with Gasteiger partial charge in [0.05, 0.1) is 29.9 Å². The fraction of sp³-hybridized carbons (Fsp3) is 0.320. The number of hydrogen-bond acceptors (Lipinski definition) is 7. The Morgan fingerprint density at radius 3 is 2.66 bits per heavy atom. The molecular formula is C25H21F3N6O4. The van der Waals surface area contributed by atoms with E-state index in [0.29, 0.717) is 30.2 Å². The van der Waals surface area contributed by atoms with Crippen LogP contribution in [0.2, 0.25) is 0 Å². The molecule has 2 aliphatic rings. The molecule has 38 heavy (non-hydrogen) atoms. The molecule has 13 heteroatoms. The molecular weight excluding hydrogens is 505 g/mol. The van der Waals surface area contributed by atoms with Crippen molar-refractivity contribution in [3.05, 3.63) is 59.4 Å². The Labute approximate surface area is 213 Å². The minimum atomic E-state index is -4.44. The van der Waals surface area contributed by atoms with Gasteiger partial charge in [-0.1, -0.05) is 5.16 Å². The number of benzene rings is 1. The summed E-state index contributed by atoms with van der Waals surface area (Å²) >= 11 is 0. The summed E-state index contributed by atoms with van der Waals surface area (Å²) < 4.78 is 52.4. The summed E-state index contributed by atoms with van der Waals surface area (Å²) in [5, 5.41) is 6.83. The zero-order chi connectivity index (χ0) is 26.8. The van der Waals surface area contributed by atoms with E-state index >= 15 is 0 Å². The molecule has 0 atom stereocenters. The maximum Gasteiger partial charge on any atom is 0.401 e. The zero-order valence-corrected chi connectivity index (χ0v) is 20.3. The highest BCUT2D eigenvalue weighted by Crippen LogP contribution is 2.59. The van der Waals surface area contributed by atoms with Gasteiger partial charge in [0.25, 0.3) is 0 Å². The maximum absolute atomic E-state index is 13.4. The third-order valence-corrected chi connectivity index (χ3v) is 7.16. The van der Waals surface area contributed by atoms with Crippen LogP contribution in [0, 0.1) is 6.92 Å². The van der Waals surface area contributed by atoms with Gasteiger partial charge in [-0.25, -0.2) is 14.8 Å². The average molecular weight is 526 g/mol. The van der Waals surface area contributed by atoms with E-state index in [1.165, 1.54) is 17.8 Å². The van der Waals surface area contributed by atoms with Gasteiger partial charge in [-0.3, -0.25) is 14.7 Å². The summed E-state index contributed by atoms with van der Waals surface area (Å²) in [6.07, 6.45) is -1.65. The van der Waals surface area contributed by atoms with E-state index < -0.39 is 17.6 Å². The van der Waals surface area contributed by atoms with Gasteiger partial charge in [-0.05, 0) is 38.0 Å². The van der Waals surface area contributed by atoms with Crippen molar-refractivity contribution in [2.45, 2.75) is 51.4 Å². The number of nitrogens with zero attached hydrogens (tertiary/aromatic N) is 5. The highest BCUT2D eigenvalue weighted by molar-refractivity contribution is 5.99. The first kappa shape index (κ1) is 23.9. The van der Waals surface area contributed by atoms with Gasteiger partial charge in [0.1, 0.15) is 17.5 Å². The number of aryl methyl sites for hydroxylation is 1. The van der Waals surface area contributed by atoms with Gasteiger partial charge < -0.3 is 14.2 Å². The van der Waals surface area contributed by atoms with Gasteiger partial charge in [-0.2, -0.15) is 13.2 Å². The third kappa shape index (κ3) is 3.76. The number of ether oxygens (including phenoxy) is 1. The minimum absolute atomic E-state index is 0.0691. The van der Waals surface area contributed by atoms with Crippen LogP contribution in [-0.2, 0) is 23.3 Å². The molecule has 0 bridgehead atoms. The van der Waals surface area contributed by atoms with E-state index in [4.69, 9.17) is 9.26 Å². The highest BCUT2D eigenvalue weighted by atomic mass is 19.4.